The number of rotatable bonds is 6. The molecule has 0 saturated carbocycles. The van der Waals surface area contributed by atoms with Crippen LogP contribution in [0.15, 0.2) is 43.1 Å². The number of amides is 1. The van der Waals surface area contributed by atoms with Crippen LogP contribution in [0.5, 0.6) is 0 Å². The van der Waals surface area contributed by atoms with Crippen molar-refractivity contribution >= 4 is 22.9 Å². The molecule has 4 aromatic rings. The van der Waals surface area contributed by atoms with Crippen molar-refractivity contribution in [2.45, 2.75) is 38.6 Å². The van der Waals surface area contributed by atoms with Crippen molar-refractivity contribution in [1.82, 2.24) is 29.4 Å². The first kappa shape index (κ1) is 24.7. The van der Waals surface area contributed by atoms with Gasteiger partial charge in [-0.1, -0.05) is 13.0 Å². The minimum absolute atomic E-state index is 0.0639. The highest BCUT2D eigenvalue weighted by molar-refractivity contribution is 5.94. The van der Waals surface area contributed by atoms with E-state index in [4.69, 9.17) is 0 Å². The van der Waals surface area contributed by atoms with Crippen molar-refractivity contribution in [1.29, 1.82) is 0 Å². The third-order valence-corrected chi connectivity index (χ3v) is 6.95. The molecule has 1 aromatic carbocycles. The fraction of sp³-hybridized carbons (Fsp3) is 0.370. The molecule has 5 rings (SSSR count). The zero-order valence-electron chi connectivity index (χ0n) is 21.2. The normalized spacial score (nSPS) is 14.4. The van der Waals surface area contributed by atoms with Gasteiger partial charge in [-0.15, -0.1) is 0 Å². The summed E-state index contributed by atoms with van der Waals surface area (Å²) in [5.74, 6) is -0.523. The van der Waals surface area contributed by atoms with Gasteiger partial charge in [-0.3, -0.25) is 4.79 Å². The molecule has 1 aliphatic rings. The van der Waals surface area contributed by atoms with Gasteiger partial charge in [0.15, 0.2) is 5.82 Å². The molecule has 0 N–H and O–H groups in total. The van der Waals surface area contributed by atoms with E-state index in [0.29, 0.717) is 28.2 Å². The average molecular weight is 506 g/mol. The van der Waals surface area contributed by atoms with Crippen LogP contribution >= 0.6 is 0 Å². The van der Waals surface area contributed by atoms with Gasteiger partial charge < -0.3 is 14.4 Å². The Morgan fingerprint density at radius 1 is 1.05 bits per heavy atom. The lowest BCUT2D eigenvalue weighted by atomic mass is 10.0. The second kappa shape index (κ2) is 10.2. The number of aromatic nitrogens is 5. The molecular formula is C27H29F2N7O. The summed E-state index contributed by atoms with van der Waals surface area (Å²) in [7, 11) is 3.22. The molecule has 8 nitrogen and oxygen atoms in total. The quantitative estimate of drug-likeness (QED) is 0.391. The van der Waals surface area contributed by atoms with Crippen molar-refractivity contribution in [3.63, 3.8) is 0 Å². The summed E-state index contributed by atoms with van der Waals surface area (Å²) in [4.78, 5) is 33.3. The molecule has 1 aliphatic heterocycles. The average Bonchev–Trinajstić information content (AvgIpc) is 3.26. The molecule has 4 heterocycles. The molecule has 1 amide bonds. The van der Waals surface area contributed by atoms with Crippen molar-refractivity contribution in [3.05, 3.63) is 77.1 Å². The van der Waals surface area contributed by atoms with Crippen LogP contribution in [0.25, 0.3) is 11.0 Å². The van der Waals surface area contributed by atoms with E-state index in [9.17, 15) is 9.18 Å². The number of halogens is 2. The third-order valence-electron chi connectivity index (χ3n) is 6.95. The monoisotopic (exact) mass is 505 g/mol. The molecule has 0 atom stereocenters. The van der Waals surface area contributed by atoms with E-state index in [1.54, 1.807) is 26.2 Å². The Morgan fingerprint density at radius 3 is 2.43 bits per heavy atom. The Labute approximate surface area is 214 Å². The smallest absolute Gasteiger partial charge is 0.253 e. The van der Waals surface area contributed by atoms with E-state index in [1.807, 2.05) is 17.0 Å². The molecule has 0 aliphatic carbocycles. The number of hydrogen-bond acceptors (Lipinski definition) is 6. The maximum Gasteiger partial charge on any atom is 0.253 e. The van der Waals surface area contributed by atoms with E-state index in [-0.39, 0.29) is 23.9 Å². The zero-order valence-corrected chi connectivity index (χ0v) is 21.2. The molecular weight excluding hydrogens is 476 g/mol. The predicted octanol–water partition coefficient (Wildman–Crippen LogP) is 4.20. The van der Waals surface area contributed by atoms with Gasteiger partial charge in [0.1, 0.15) is 17.8 Å². The number of hydrogen-bond donors (Lipinski definition) is 0. The van der Waals surface area contributed by atoms with Gasteiger partial charge in [0, 0.05) is 63.8 Å². The molecule has 1 fully saturated rings. The fourth-order valence-electron chi connectivity index (χ4n) is 4.81. The van der Waals surface area contributed by atoms with Crippen LogP contribution in [-0.2, 0) is 12.8 Å². The highest BCUT2D eigenvalue weighted by atomic mass is 19.1. The van der Waals surface area contributed by atoms with Gasteiger partial charge >= 0.3 is 0 Å². The second-order valence-electron chi connectivity index (χ2n) is 9.55. The maximum atomic E-state index is 15.2. The second-order valence-corrected chi connectivity index (χ2v) is 9.55. The Bertz CT molecular complexity index is 1430. The first-order chi connectivity index (χ1) is 17.9. The molecule has 192 valence electrons. The van der Waals surface area contributed by atoms with Crippen LogP contribution in [0.2, 0.25) is 0 Å². The summed E-state index contributed by atoms with van der Waals surface area (Å²) in [6.45, 7) is 3.57. The lowest BCUT2D eigenvalue weighted by Gasteiger charge is -2.32. The zero-order chi connectivity index (χ0) is 26.1. The van der Waals surface area contributed by atoms with E-state index in [1.165, 1.54) is 23.5 Å². The van der Waals surface area contributed by atoms with Crippen molar-refractivity contribution in [2.75, 3.05) is 32.1 Å². The van der Waals surface area contributed by atoms with Gasteiger partial charge in [0.05, 0.1) is 11.1 Å². The van der Waals surface area contributed by atoms with Crippen LogP contribution in [0.1, 0.15) is 53.0 Å². The van der Waals surface area contributed by atoms with Gasteiger partial charge in [0.25, 0.3) is 5.91 Å². The Kier molecular flexibility index (Phi) is 6.82. The molecule has 37 heavy (non-hydrogen) atoms. The minimum atomic E-state index is -0.527. The summed E-state index contributed by atoms with van der Waals surface area (Å²) in [6.07, 6.45) is 9.15. The third kappa shape index (κ3) is 4.87. The van der Waals surface area contributed by atoms with Crippen LogP contribution in [-0.4, -0.2) is 62.5 Å². The topological polar surface area (TPSA) is 80.0 Å². The highest BCUT2D eigenvalue weighted by Crippen LogP contribution is 2.31. The van der Waals surface area contributed by atoms with Crippen molar-refractivity contribution < 1.29 is 13.6 Å². The van der Waals surface area contributed by atoms with Gasteiger partial charge in [-0.2, -0.15) is 0 Å². The van der Waals surface area contributed by atoms with E-state index in [2.05, 4.69) is 31.8 Å². The molecule has 0 unspecified atom stereocenters. The number of benzene rings is 1. The van der Waals surface area contributed by atoms with Crippen LogP contribution in [0, 0.1) is 11.6 Å². The van der Waals surface area contributed by atoms with E-state index < -0.39 is 11.6 Å². The predicted molar refractivity (Wildman–Crippen MR) is 137 cm³/mol. The van der Waals surface area contributed by atoms with Gasteiger partial charge in [-0.25, -0.2) is 28.7 Å². The first-order valence-electron chi connectivity index (χ1n) is 12.4. The van der Waals surface area contributed by atoms with Crippen molar-refractivity contribution in [3.8, 4) is 0 Å². The Morgan fingerprint density at radius 2 is 1.78 bits per heavy atom. The summed E-state index contributed by atoms with van der Waals surface area (Å²) in [5.41, 5.74) is 2.61. The molecule has 1 saturated heterocycles. The van der Waals surface area contributed by atoms with Crippen molar-refractivity contribution in [2.24, 2.45) is 0 Å². The number of piperidine rings is 1. The number of fused-ring (bicyclic) bond motifs is 1. The molecule has 3 aromatic heterocycles. The number of carbonyl (C=O) groups is 1. The lowest BCUT2D eigenvalue weighted by molar-refractivity contribution is 0.0827. The maximum absolute atomic E-state index is 15.2. The largest absolute Gasteiger partial charge is 0.345 e. The SMILES string of the molecule is CCc1cnc(N2CCC(n3cc(F)c4c(Cc5ccc(C(=O)N(C)C)cc5F)ncnc43)CC2)nc1. The fourth-order valence-corrected chi connectivity index (χ4v) is 4.81. The van der Waals surface area contributed by atoms with Crippen LogP contribution < -0.4 is 4.90 Å². The van der Waals surface area contributed by atoms with E-state index in [0.717, 1.165) is 37.9 Å². The first-order valence-corrected chi connectivity index (χ1v) is 12.4. The lowest BCUT2D eigenvalue weighted by Crippen LogP contribution is -2.35. The summed E-state index contributed by atoms with van der Waals surface area (Å²) >= 11 is 0. The number of carbonyl (C=O) groups excluding carboxylic acids is 1. The molecule has 0 spiro atoms. The summed E-state index contributed by atoms with van der Waals surface area (Å²) in [6, 6.07) is 4.41. The standard InChI is InChI=1S/C27H29F2N7O/c1-4-17-13-30-27(31-14-17)35-9-7-20(8-10-35)36-15-22(29)24-23(32-16-33-25(24)36)12-18-5-6-19(11-21(18)28)26(37)34(2)3/h5-6,11,13-16,20H,4,7-10,12H2,1-3H3. The van der Waals surface area contributed by atoms with Gasteiger partial charge in [-0.05, 0) is 42.5 Å². The number of anilines is 1. The van der Waals surface area contributed by atoms with Crippen LogP contribution in [0.3, 0.4) is 0 Å². The van der Waals surface area contributed by atoms with Gasteiger partial charge in [0.2, 0.25) is 5.95 Å². The summed E-state index contributed by atoms with van der Waals surface area (Å²) in [5, 5.41) is 0.302. The molecule has 10 heteroatoms. The van der Waals surface area contributed by atoms with E-state index >= 15 is 4.39 Å². The minimum Gasteiger partial charge on any atom is -0.345 e. The summed E-state index contributed by atoms with van der Waals surface area (Å²) < 4.78 is 31.9. The highest BCUT2D eigenvalue weighted by Gasteiger charge is 2.26. The van der Waals surface area contributed by atoms with Crippen LogP contribution in [0.4, 0.5) is 14.7 Å². The Balaban J connectivity index is 1.36. The number of nitrogens with zero attached hydrogens (tertiary/aromatic N) is 7. The molecule has 0 radical (unpaired) electrons. The Hall–Kier alpha value is -3.95. The number of aryl methyl sites for hydroxylation is 1. The molecule has 0 bridgehead atoms.